The standard InChI is InChI=1S/C9H18N2O4S/c1-11(2)4-5-15-9(12)10-8-3-6-16(13,14)7-8/h8H,3-7H2,1-2H3,(H,10,12). The number of hydrogen-bond acceptors (Lipinski definition) is 5. The molecule has 6 nitrogen and oxygen atoms in total. The fourth-order valence-corrected chi connectivity index (χ4v) is 3.11. The number of sulfone groups is 1. The van der Waals surface area contributed by atoms with E-state index in [1.54, 1.807) is 0 Å². The number of nitrogens with zero attached hydrogens (tertiary/aromatic N) is 1. The van der Waals surface area contributed by atoms with Gasteiger partial charge >= 0.3 is 6.09 Å². The lowest BCUT2D eigenvalue weighted by atomic mass is 10.3. The van der Waals surface area contributed by atoms with Crippen molar-refractivity contribution in [1.82, 2.24) is 10.2 Å². The summed E-state index contributed by atoms with van der Waals surface area (Å²) >= 11 is 0. The van der Waals surface area contributed by atoms with Gasteiger partial charge in [-0.2, -0.15) is 0 Å². The van der Waals surface area contributed by atoms with E-state index in [-0.39, 0.29) is 17.5 Å². The Balaban J connectivity index is 2.20. The van der Waals surface area contributed by atoms with Crippen LogP contribution in [-0.2, 0) is 14.6 Å². The minimum Gasteiger partial charge on any atom is -0.448 e. The van der Waals surface area contributed by atoms with E-state index >= 15 is 0 Å². The van der Waals surface area contributed by atoms with Crippen molar-refractivity contribution in [1.29, 1.82) is 0 Å². The molecule has 0 saturated carbocycles. The average Bonchev–Trinajstić information content (AvgIpc) is 2.44. The molecule has 1 aliphatic heterocycles. The van der Waals surface area contributed by atoms with Crippen LogP contribution in [0, 0.1) is 0 Å². The maximum absolute atomic E-state index is 11.2. The highest BCUT2D eigenvalue weighted by Crippen LogP contribution is 2.11. The molecular weight excluding hydrogens is 232 g/mol. The lowest BCUT2D eigenvalue weighted by Gasteiger charge is -2.13. The fourth-order valence-electron chi connectivity index (χ4n) is 1.44. The fraction of sp³-hybridized carbons (Fsp3) is 0.889. The van der Waals surface area contributed by atoms with Crippen molar-refractivity contribution in [3.05, 3.63) is 0 Å². The lowest BCUT2D eigenvalue weighted by molar-refractivity contribution is 0.134. The van der Waals surface area contributed by atoms with Crippen LogP contribution in [0.25, 0.3) is 0 Å². The van der Waals surface area contributed by atoms with Crippen LogP contribution in [0.15, 0.2) is 0 Å². The predicted octanol–water partition coefficient (Wildman–Crippen LogP) is -0.539. The molecule has 0 aromatic heterocycles. The zero-order valence-electron chi connectivity index (χ0n) is 9.60. The third-order valence-corrected chi connectivity index (χ3v) is 4.09. The second-order valence-electron chi connectivity index (χ2n) is 4.18. The molecule has 7 heteroatoms. The highest BCUT2D eigenvalue weighted by atomic mass is 32.2. The van der Waals surface area contributed by atoms with Gasteiger partial charge in [0.15, 0.2) is 9.84 Å². The first-order valence-electron chi connectivity index (χ1n) is 5.17. The first-order valence-corrected chi connectivity index (χ1v) is 6.99. The summed E-state index contributed by atoms with van der Waals surface area (Å²) in [6.45, 7) is 0.953. The van der Waals surface area contributed by atoms with Crippen molar-refractivity contribution < 1.29 is 17.9 Å². The molecule has 1 unspecified atom stereocenters. The van der Waals surface area contributed by atoms with Gasteiger partial charge in [0.05, 0.1) is 11.5 Å². The van der Waals surface area contributed by atoms with Gasteiger partial charge in [-0.05, 0) is 20.5 Å². The summed E-state index contributed by atoms with van der Waals surface area (Å²) in [5.74, 6) is 0.172. The number of ether oxygens (including phenoxy) is 1. The van der Waals surface area contributed by atoms with Gasteiger partial charge in [-0.3, -0.25) is 0 Å². The van der Waals surface area contributed by atoms with Crippen molar-refractivity contribution in [2.45, 2.75) is 12.5 Å². The van der Waals surface area contributed by atoms with Gasteiger partial charge in [-0.15, -0.1) is 0 Å². The minimum absolute atomic E-state index is 0.0236. The number of amides is 1. The molecule has 0 aromatic carbocycles. The second kappa shape index (κ2) is 5.49. The SMILES string of the molecule is CN(C)CCOC(=O)NC1CCS(=O)(=O)C1. The lowest BCUT2D eigenvalue weighted by Crippen LogP contribution is -2.37. The molecule has 0 bridgehead atoms. The van der Waals surface area contributed by atoms with Crippen LogP contribution >= 0.6 is 0 Å². The monoisotopic (exact) mass is 250 g/mol. The Morgan fingerprint density at radius 3 is 2.69 bits per heavy atom. The number of likely N-dealkylation sites (N-methyl/N-ethyl adjacent to an activating group) is 1. The van der Waals surface area contributed by atoms with E-state index in [1.807, 2.05) is 19.0 Å². The van der Waals surface area contributed by atoms with Gasteiger partial charge in [0.25, 0.3) is 0 Å². The number of rotatable bonds is 4. The van der Waals surface area contributed by atoms with Gasteiger partial charge in [0.2, 0.25) is 0 Å². The smallest absolute Gasteiger partial charge is 0.407 e. The zero-order chi connectivity index (χ0) is 12.2. The van der Waals surface area contributed by atoms with Crippen molar-refractivity contribution in [2.24, 2.45) is 0 Å². The summed E-state index contributed by atoms with van der Waals surface area (Å²) < 4.78 is 27.2. The molecular formula is C9H18N2O4S. The van der Waals surface area contributed by atoms with Gasteiger partial charge < -0.3 is 15.0 Å². The molecule has 94 valence electrons. The van der Waals surface area contributed by atoms with Gasteiger partial charge in [-0.25, -0.2) is 13.2 Å². The molecule has 0 radical (unpaired) electrons. The molecule has 1 heterocycles. The highest BCUT2D eigenvalue weighted by Gasteiger charge is 2.29. The zero-order valence-corrected chi connectivity index (χ0v) is 10.4. The van der Waals surface area contributed by atoms with E-state index in [0.29, 0.717) is 19.6 Å². The third kappa shape index (κ3) is 4.80. The number of alkyl carbamates (subject to hydrolysis) is 1. The van der Waals surface area contributed by atoms with Gasteiger partial charge in [0, 0.05) is 12.6 Å². The Kier molecular flexibility index (Phi) is 4.55. The third-order valence-electron chi connectivity index (χ3n) is 2.33. The maximum Gasteiger partial charge on any atom is 0.407 e. The molecule has 0 aliphatic carbocycles. The molecule has 1 aliphatic rings. The second-order valence-corrected chi connectivity index (χ2v) is 6.41. The summed E-state index contributed by atoms with van der Waals surface area (Å²) in [7, 11) is 0.806. The highest BCUT2D eigenvalue weighted by molar-refractivity contribution is 7.91. The van der Waals surface area contributed by atoms with Crippen LogP contribution in [0.5, 0.6) is 0 Å². The molecule has 1 rings (SSSR count). The molecule has 1 fully saturated rings. The van der Waals surface area contributed by atoms with Crippen LogP contribution in [0.3, 0.4) is 0 Å². The molecule has 1 saturated heterocycles. The van der Waals surface area contributed by atoms with Gasteiger partial charge in [0.1, 0.15) is 6.61 Å². The van der Waals surface area contributed by atoms with Gasteiger partial charge in [-0.1, -0.05) is 0 Å². The summed E-state index contributed by atoms with van der Waals surface area (Å²) in [4.78, 5) is 13.1. The molecule has 1 amide bonds. The Bertz CT molecular complexity index is 339. The topological polar surface area (TPSA) is 75.7 Å². The summed E-state index contributed by atoms with van der Waals surface area (Å²) in [5, 5.41) is 2.55. The number of carbonyl (C=O) groups excluding carboxylic acids is 1. The van der Waals surface area contributed by atoms with Crippen LogP contribution in [-0.4, -0.2) is 64.2 Å². The minimum atomic E-state index is -2.95. The summed E-state index contributed by atoms with van der Waals surface area (Å²) in [6.07, 6.45) is -0.0607. The maximum atomic E-state index is 11.2. The van der Waals surface area contributed by atoms with E-state index in [0.717, 1.165) is 0 Å². The van der Waals surface area contributed by atoms with Crippen LogP contribution in [0.1, 0.15) is 6.42 Å². The molecule has 0 spiro atoms. The van der Waals surface area contributed by atoms with Crippen LogP contribution in [0.2, 0.25) is 0 Å². The average molecular weight is 250 g/mol. The van der Waals surface area contributed by atoms with E-state index < -0.39 is 15.9 Å². The van der Waals surface area contributed by atoms with Crippen molar-refractivity contribution in [3.8, 4) is 0 Å². The Hall–Kier alpha value is -0.820. The molecule has 16 heavy (non-hydrogen) atoms. The van der Waals surface area contributed by atoms with Crippen LogP contribution in [0.4, 0.5) is 4.79 Å². The Labute approximate surface area is 95.9 Å². The number of nitrogens with one attached hydrogen (secondary N) is 1. The van der Waals surface area contributed by atoms with E-state index in [1.165, 1.54) is 0 Å². The van der Waals surface area contributed by atoms with E-state index in [4.69, 9.17) is 4.74 Å². The Morgan fingerprint density at radius 1 is 1.50 bits per heavy atom. The van der Waals surface area contributed by atoms with Crippen molar-refractivity contribution >= 4 is 15.9 Å². The van der Waals surface area contributed by atoms with E-state index in [9.17, 15) is 13.2 Å². The largest absolute Gasteiger partial charge is 0.448 e. The summed E-state index contributed by atoms with van der Waals surface area (Å²) in [5.41, 5.74) is 0. The molecule has 1 atom stereocenters. The summed E-state index contributed by atoms with van der Waals surface area (Å²) in [6, 6.07) is -0.295. The first kappa shape index (κ1) is 13.2. The number of carbonyl (C=O) groups is 1. The quantitative estimate of drug-likeness (QED) is 0.725. The van der Waals surface area contributed by atoms with Crippen molar-refractivity contribution in [3.63, 3.8) is 0 Å². The Morgan fingerprint density at radius 2 is 2.19 bits per heavy atom. The predicted molar refractivity (Wildman–Crippen MR) is 60.1 cm³/mol. The van der Waals surface area contributed by atoms with Crippen molar-refractivity contribution in [2.75, 3.05) is 38.8 Å². The first-order chi connectivity index (χ1) is 7.39. The molecule has 1 N–H and O–H groups in total. The molecule has 0 aromatic rings. The number of hydrogen-bond donors (Lipinski definition) is 1. The van der Waals surface area contributed by atoms with Crippen LogP contribution < -0.4 is 5.32 Å². The normalized spacial score (nSPS) is 23.3. The van der Waals surface area contributed by atoms with E-state index in [2.05, 4.69) is 5.32 Å².